The highest BCUT2D eigenvalue weighted by molar-refractivity contribution is 5.87. The van der Waals surface area contributed by atoms with E-state index >= 15 is 0 Å². The first kappa shape index (κ1) is 18.3. The van der Waals surface area contributed by atoms with Crippen molar-refractivity contribution in [2.45, 2.75) is 6.61 Å². The molecule has 0 radical (unpaired) electrons. The van der Waals surface area contributed by atoms with Gasteiger partial charge in [-0.1, -0.05) is 18.2 Å². The Morgan fingerprint density at radius 3 is 2.44 bits per heavy atom. The second-order valence-electron chi connectivity index (χ2n) is 4.99. The summed E-state index contributed by atoms with van der Waals surface area (Å²) in [4.78, 5) is 11.9. The molecule has 6 heteroatoms. The van der Waals surface area contributed by atoms with Gasteiger partial charge >= 0.3 is 5.97 Å². The van der Waals surface area contributed by atoms with Crippen LogP contribution in [0.15, 0.2) is 42.5 Å². The number of hydrogen-bond acceptors (Lipinski definition) is 5. The van der Waals surface area contributed by atoms with E-state index in [9.17, 15) is 9.18 Å². The minimum Gasteiger partial charge on any atom is -0.494 e. The molecule has 0 aromatic heterocycles. The Labute approximate surface area is 145 Å². The van der Waals surface area contributed by atoms with Gasteiger partial charge in [-0.05, 0) is 29.8 Å². The Bertz CT molecular complexity index is 770. The lowest BCUT2D eigenvalue weighted by Crippen LogP contribution is -2.01. The molecule has 0 bridgehead atoms. The molecule has 5 nitrogen and oxygen atoms in total. The fraction of sp³-hybridized carbons (Fsp3) is 0.211. The lowest BCUT2D eigenvalue weighted by atomic mass is 10.1. The third-order valence-electron chi connectivity index (χ3n) is 3.43. The van der Waals surface area contributed by atoms with Crippen molar-refractivity contribution in [1.29, 1.82) is 0 Å². The molecule has 0 aliphatic rings. The molecule has 2 aromatic rings. The SMILES string of the molecule is COc1ccc(COC(=O)/C=C/c2cccc(OC)c2OC)cc1F. The van der Waals surface area contributed by atoms with E-state index in [0.29, 0.717) is 22.6 Å². The van der Waals surface area contributed by atoms with Gasteiger partial charge < -0.3 is 18.9 Å². The van der Waals surface area contributed by atoms with Crippen LogP contribution >= 0.6 is 0 Å². The van der Waals surface area contributed by atoms with Crippen molar-refractivity contribution in [3.05, 3.63) is 59.4 Å². The highest BCUT2D eigenvalue weighted by Crippen LogP contribution is 2.31. The Balaban J connectivity index is 2.01. The molecule has 25 heavy (non-hydrogen) atoms. The van der Waals surface area contributed by atoms with Crippen LogP contribution in [0.1, 0.15) is 11.1 Å². The van der Waals surface area contributed by atoms with Gasteiger partial charge in [0.05, 0.1) is 21.3 Å². The summed E-state index contributed by atoms with van der Waals surface area (Å²) >= 11 is 0. The third-order valence-corrected chi connectivity index (χ3v) is 3.43. The maximum Gasteiger partial charge on any atom is 0.331 e. The van der Waals surface area contributed by atoms with E-state index in [1.807, 2.05) is 0 Å². The number of hydrogen-bond donors (Lipinski definition) is 0. The van der Waals surface area contributed by atoms with Crippen molar-refractivity contribution in [2.75, 3.05) is 21.3 Å². The highest BCUT2D eigenvalue weighted by Gasteiger charge is 2.08. The lowest BCUT2D eigenvalue weighted by Gasteiger charge is -2.09. The molecule has 0 spiro atoms. The van der Waals surface area contributed by atoms with Crippen LogP contribution < -0.4 is 14.2 Å². The molecule has 132 valence electrons. The maximum absolute atomic E-state index is 13.6. The van der Waals surface area contributed by atoms with Gasteiger partial charge in [-0.3, -0.25) is 0 Å². The van der Waals surface area contributed by atoms with Crippen LogP contribution in [-0.2, 0) is 16.1 Å². The first-order valence-corrected chi connectivity index (χ1v) is 7.47. The second kappa shape index (κ2) is 8.73. The number of ether oxygens (including phenoxy) is 4. The van der Waals surface area contributed by atoms with Crippen LogP contribution in [0.3, 0.4) is 0 Å². The van der Waals surface area contributed by atoms with E-state index in [0.717, 1.165) is 0 Å². The minimum absolute atomic E-state index is 0.0423. The monoisotopic (exact) mass is 346 g/mol. The van der Waals surface area contributed by atoms with Gasteiger partial charge in [0.15, 0.2) is 23.1 Å². The van der Waals surface area contributed by atoms with Crippen LogP contribution in [-0.4, -0.2) is 27.3 Å². The topological polar surface area (TPSA) is 54.0 Å². The molecule has 0 atom stereocenters. The van der Waals surface area contributed by atoms with E-state index in [4.69, 9.17) is 18.9 Å². The molecular formula is C19H19FO5. The van der Waals surface area contributed by atoms with E-state index < -0.39 is 11.8 Å². The fourth-order valence-electron chi connectivity index (χ4n) is 2.20. The highest BCUT2D eigenvalue weighted by atomic mass is 19.1. The predicted molar refractivity (Wildman–Crippen MR) is 91.3 cm³/mol. The molecule has 0 aliphatic carbocycles. The zero-order valence-corrected chi connectivity index (χ0v) is 14.2. The summed E-state index contributed by atoms with van der Waals surface area (Å²) in [6.07, 6.45) is 2.84. The molecule has 2 rings (SSSR count). The van der Waals surface area contributed by atoms with Gasteiger partial charge in [0.25, 0.3) is 0 Å². The zero-order valence-electron chi connectivity index (χ0n) is 14.2. The van der Waals surface area contributed by atoms with Crippen molar-refractivity contribution in [3.63, 3.8) is 0 Å². The van der Waals surface area contributed by atoms with Crippen molar-refractivity contribution >= 4 is 12.0 Å². The summed E-state index contributed by atoms with van der Waals surface area (Å²) in [5, 5.41) is 0. The predicted octanol–water partition coefficient (Wildman–Crippen LogP) is 3.61. The number of rotatable bonds is 7. The summed E-state index contributed by atoms with van der Waals surface area (Å²) in [6, 6.07) is 9.70. The van der Waals surface area contributed by atoms with E-state index in [-0.39, 0.29) is 12.4 Å². The van der Waals surface area contributed by atoms with Crippen molar-refractivity contribution < 1.29 is 28.1 Å². The van der Waals surface area contributed by atoms with Gasteiger partial charge in [0.1, 0.15) is 6.61 Å². The third kappa shape index (κ3) is 4.73. The van der Waals surface area contributed by atoms with Gasteiger partial charge in [0, 0.05) is 11.6 Å². The Kier molecular flexibility index (Phi) is 6.39. The number of para-hydroxylation sites is 1. The minimum atomic E-state index is -0.555. The quantitative estimate of drug-likeness (QED) is 0.566. The summed E-state index contributed by atoms with van der Waals surface area (Å²) in [5.41, 5.74) is 1.20. The average molecular weight is 346 g/mol. The van der Waals surface area contributed by atoms with E-state index in [1.54, 1.807) is 30.3 Å². The van der Waals surface area contributed by atoms with Gasteiger partial charge in [-0.2, -0.15) is 0 Å². The zero-order chi connectivity index (χ0) is 18.2. The Morgan fingerprint density at radius 2 is 1.80 bits per heavy atom. The van der Waals surface area contributed by atoms with Crippen molar-refractivity contribution in [2.24, 2.45) is 0 Å². The van der Waals surface area contributed by atoms with Crippen molar-refractivity contribution in [3.8, 4) is 17.2 Å². The molecule has 0 amide bonds. The molecule has 0 saturated heterocycles. The molecule has 0 fully saturated rings. The largest absolute Gasteiger partial charge is 0.494 e. The number of carbonyl (C=O) groups is 1. The van der Waals surface area contributed by atoms with Crippen LogP contribution in [0.2, 0.25) is 0 Å². The standard InChI is InChI=1S/C19H19FO5/c1-22-16-9-7-13(11-15(16)20)12-25-18(21)10-8-14-5-4-6-17(23-2)19(14)24-3/h4-11H,12H2,1-3H3/b10-8+. The fourth-order valence-corrected chi connectivity index (χ4v) is 2.20. The second-order valence-corrected chi connectivity index (χ2v) is 4.99. The van der Waals surface area contributed by atoms with Crippen molar-refractivity contribution in [1.82, 2.24) is 0 Å². The molecule has 0 saturated carbocycles. The first-order chi connectivity index (χ1) is 12.1. The smallest absolute Gasteiger partial charge is 0.331 e. The van der Waals surface area contributed by atoms with Crippen LogP contribution in [0.4, 0.5) is 4.39 Å². The van der Waals surface area contributed by atoms with Gasteiger partial charge in [-0.25, -0.2) is 9.18 Å². The lowest BCUT2D eigenvalue weighted by molar-refractivity contribution is -0.138. The maximum atomic E-state index is 13.6. The number of esters is 1. The molecule has 0 heterocycles. The van der Waals surface area contributed by atoms with Crippen LogP contribution in [0.25, 0.3) is 6.08 Å². The molecule has 0 unspecified atom stereocenters. The Morgan fingerprint density at radius 1 is 1.04 bits per heavy atom. The molecular weight excluding hydrogens is 327 g/mol. The summed E-state index contributed by atoms with van der Waals surface area (Å²) in [6.45, 7) is -0.0423. The van der Waals surface area contributed by atoms with Crippen LogP contribution in [0, 0.1) is 5.82 Å². The Hall–Kier alpha value is -3.02. The average Bonchev–Trinajstić information content (AvgIpc) is 2.64. The number of halogens is 1. The number of carbonyl (C=O) groups excluding carboxylic acids is 1. The summed E-state index contributed by atoms with van der Waals surface area (Å²) in [7, 11) is 4.44. The molecule has 2 aromatic carbocycles. The number of methoxy groups -OCH3 is 3. The van der Waals surface area contributed by atoms with Gasteiger partial charge in [0.2, 0.25) is 0 Å². The molecule has 0 aliphatic heterocycles. The summed E-state index contributed by atoms with van der Waals surface area (Å²) in [5.74, 6) is 0.159. The van der Waals surface area contributed by atoms with Crippen LogP contribution in [0.5, 0.6) is 17.2 Å². The van der Waals surface area contributed by atoms with Gasteiger partial charge in [-0.15, -0.1) is 0 Å². The normalized spacial score (nSPS) is 10.6. The number of benzene rings is 2. The van der Waals surface area contributed by atoms with E-state index in [2.05, 4.69) is 0 Å². The molecule has 0 N–H and O–H groups in total. The first-order valence-electron chi connectivity index (χ1n) is 7.47. The summed E-state index contributed by atoms with van der Waals surface area (Å²) < 4.78 is 34.0. The van der Waals surface area contributed by atoms with E-state index in [1.165, 1.54) is 39.5 Å².